The molecule has 0 amide bonds. The highest BCUT2D eigenvalue weighted by molar-refractivity contribution is 5.21. The molecule has 5 nitrogen and oxygen atoms in total. The minimum absolute atomic E-state index is 0.538. The SMILES string of the molecule is CN1CCN(C)C(Cc2ncc3c(n2)CNC3)C1. The highest BCUT2D eigenvalue weighted by Gasteiger charge is 2.24. The summed E-state index contributed by atoms with van der Waals surface area (Å²) in [5.74, 6) is 0.990. The number of likely N-dealkylation sites (N-methyl/N-ethyl adjacent to an activating group) is 2. The number of nitrogens with one attached hydrogen (secondary N) is 1. The monoisotopic (exact) mass is 247 g/mol. The minimum Gasteiger partial charge on any atom is -0.307 e. The third-order valence-electron chi connectivity index (χ3n) is 4.01. The molecule has 1 aromatic rings. The Labute approximate surface area is 108 Å². The summed E-state index contributed by atoms with van der Waals surface area (Å²) >= 11 is 0. The molecule has 1 fully saturated rings. The first-order chi connectivity index (χ1) is 8.72. The van der Waals surface area contributed by atoms with Gasteiger partial charge in [-0.2, -0.15) is 0 Å². The average Bonchev–Trinajstić information content (AvgIpc) is 2.81. The Kier molecular flexibility index (Phi) is 3.28. The molecule has 3 rings (SSSR count). The van der Waals surface area contributed by atoms with Gasteiger partial charge in [-0.1, -0.05) is 0 Å². The summed E-state index contributed by atoms with van der Waals surface area (Å²) < 4.78 is 0. The van der Waals surface area contributed by atoms with Crippen LogP contribution in [0.3, 0.4) is 0 Å². The van der Waals surface area contributed by atoms with Crippen molar-refractivity contribution in [3.63, 3.8) is 0 Å². The topological polar surface area (TPSA) is 44.3 Å². The molecule has 0 bridgehead atoms. The number of hydrogen-bond acceptors (Lipinski definition) is 5. The van der Waals surface area contributed by atoms with Gasteiger partial charge in [-0.25, -0.2) is 9.97 Å². The lowest BCUT2D eigenvalue weighted by Gasteiger charge is -2.37. The molecule has 3 heterocycles. The van der Waals surface area contributed by atoms with E-state index in [0.717, 1.165) is 45.0 Å². The van der Waals surface area contributed by atoms with Gasteiger partial charge in [-0.15, -0.1) is 0 Å². The molecular weight excluding hydrogens is 226 g/mol. The molecule has 98 valence electrons. The first-order valence-corrected chi connectivity index (χ1v) is 6.65. The van der Waals surface area contributed by atoms with E-state index >= 15 is 0 Å². The number of fused-ring (bicyclic) bond motifs is 1. The molecule has 1 aromatic heterocycles. The third kappa shape index (κ3) is 2.39. The first-order valence-electron chi connectivity index (χ1n) is 6.65. The fourth-order valence-corrected chi connectivity index (χ4v) is 2.73. The van der Waals surface area contributed by atoms with E-state index in [1.165, 1.54) is 11.3 Å². The highest BCUT2D eigenvalue weighted by atomic mass is 15.3. The summed E-state index contributed by atoms with van der Waals surface area (Å²) in [6, 6.07) is 0.538. The lowest BCUT2D eigenvalue weighted by atomic mass is 10.1. The van der Waals surface area contributed by atoms with Crippen LogP contribution in [-0.2, 0) is 19.5 Å². The second-order valence-electron chi connectivity index (χ2n) is 5.46. The predicted molar refractivity (Wildman–Crippen MR) is 70.2 cm³/mol. The van der Waals surface area contributed by atoms with E-state index < -0.39 is 0 Å². The fourth-order valence-electron chi connectivity index (χ4n) is 2.73. The van der Waals surface area contributed by atoms with E-state index in [2.05, 4.69) is 39.2 Å². The summed E-state index contributed by atoms with van der Waals surface area (Å²) in [5.41, 5.74) is 2.44. The number of hydrogen-bond donors (Lipinski definition) is 1. The molecule has 18 heavy (non-hydrogen) atoms. The van der Waals surface area contributed by atoms with Crippen molar-refractivity contribution in [2.24, 2.45) is 0 Å². The number of piperazine rings is 1. The number of rotatable bonds is 2. The second-order valence-corrected chi connectivity index (χ2v) is 5.46. The van der Waals surface area contributed by atoms with Crippen molar-refractivity contribution in [1.29, 1.82) is 0 Å². The molecule has 0 aromatic carbocycles. The van der Waals surface area contributed by atoms with Crippen LogP contribution >= 0.6 is 0 Å². The molecule has 2 aliphatic rings. The van der Waals surface area contributed by atoms with Crippen molar-refractivity contribution in [3.05, 3.63) is 23.3 Å². The molecule has 1 unspecified atom stereocenters. The molecule has 0 spiro atoms. The van der Waals surface area contributed by atoms with Gasteiger partial charge in [0.25, 0.3) is 0 Å². The Bertz CT molecular complexity index is 433. The van der Waals surface area contributed by atoms with Gasteiger partial charge in [0.1, 0.15) is 5.82 Å². The van der Waals surface area contributed by atoms with Gasteiger partial charge in [0, 0.05) is 56.9 Å². The summed E-state index contributed by atoms with van der Waals surface area (Å²) in [4.78, 5) is 14.0. The summed E-state index contributed by atoms with van der Waals surface area (Å²) in [7, 11) is 4.39. The summed E-state index contributed by atoms with van der Waals surface area (Å²) in [6.45, 7) is 5.21. The van der Waals surface area contributed by atoms with Crippen LogP contribution in [0.1, 0.15) is 17.1 Å². The highest BCUT2D eigenvalue weighted by Crippen LogP contribution is 2.14. The Morgan fingerprint density at radius 3 is 3.11 bits per heavy atom. The maximum atomic E-state index is 4.69. The van der Waals surface area contributed by atoms with Gasteiger partial charge in [0.15, 0.2) is 0 Å². The van der Waals surface area contributed by atoms with Crippen molar-refractivity contribution in [2.75, 3.05) is 33.7 Å². The fraction of sp³-hybridized carbons (Fsp3) is 0.692. The molecule has 1 atom stereocenters. The molecule has 5 heteroatoms. The smallest absolute Gasteiger partial charge is 0.130 e. The Morgan fingerprint density at radius 1 is 1.33 bits per heavy atom. The van der Waals surface area contributed by atoms with Gasteiger partial charge in [-0.3, -0.25) is 0 Å². The van der Waals surface area contributed by atoms with Crippen molar-refractivity contribution >= 4 is 0 Å². The van der Waals surface area contributed by atoms with Gasteiger partial charge < -0.3 is 15.1 Å². The van der Waals surface area contributed by atoms with Crippen LogP contribution in [0, 0.1) is 0 Å². The van der Waals surface area contributed by atoms with Gasteiger partial charge in [0.05, 0.1) is 5.69 Å². The van der Waals surface area contributed by atoms with E-state index in [4.69, 9.17) is 0 Å². The standard InChI is InChI=1S/C13H21N5/c1-17-3-4-18(2)11(9-17)5-13-15-7-10-6-14-8-12(10)16-13/h7,11,14H,3-6,8-9H2,1-2H3. The van der Waals surface area contributed by atoms with E-state index in [9.17, 15) is 0 Å². The Morgan fingerprint density at radius 2 is 2.22 bits per heavy atom. The van der Waals surface area contributed by atoms with Crippen LogP contribution < -0.4 is 5.32 Å². The Hall–Kier alpha value is -1.04. The van der Waals surface area contributed by atoms with Crippen molar-refractivity contribution in [1.82, 2.24) is 25.1 Å². The van der Waals surface area contributed by atoms with Crippen LogP contribution in [0.4, 0.5) is 0 Å². The summed E-state index contributed by atoms with van der Waals surface area (Å²) in [5, 5.41) is 3.31. The van der Waals surface area contributed by atoms with E-state index in [1.54, 1.807) is 0 Å². The maximum Gasteiger partial charge on any atom is 0.130 e. The van der Waals surface area contributed by atoms with Crippen LogP contribution in [0.2, 0.25) is 0 Å². The zero-order valence-electron chi connectivity index (χ0n) is 11.2. The van der Waals surface area contributed by atoms with Crippen molar-refractivity contribution in [2.45, 2.75) is 25.6 Å². The van der Waals surface area contributed by atoms with Gasteiger partial charge >= 0.3 is 0 Å². The molecule has 2 aliphatic heterocycles. The van der Waals surface area contributed by atoms with Crippen molar-refractivity contribution < 1.29 is 0 Å². The largest absolute Gasteiger partial charge is 0.307 e. The maximum absolute atomic E-state index is 4.69. The zero-order valence-corrected chi connectivity index (χ0v) is 11.2. The lowest BCUT2D eigenvalue weighted by molar-refractivity contribution is 0.113. The lowest BCUT2D eigenvalue weighted by Crippen LogP contribution is -2.51. The molecular formula is C13H21N5. The van der Waals surface area contributed by atoms with Crippen LogP contribution in [0.5, 0.6) is 0 Å². The Balaban J connectivity index is 1.72. The van der Waals surface area contributed by atoms with Crippen LogP contribution in [-0.4, -0.2) is 59.5 Å². The number of aromatic nitrogens is 2. The molecule has 1 saturated heterocycles. The minimum atomic E-state index is 0.538. The summed E-state index contributed by atoms with van der Waals surface area (Å²) in [6.07, 6.45) is 2.94. The number of nitrogens with zero attached hydrogens (tertiary/aromatic N) is 4. The molecule has 0 saturated carbocycles. The average molecular weight is 247 g/mol. The molecule has 0 radical (unpaired) electrons. The van der Waals surface area contributed by atoms with Gasteiger partial charge in [0.2, 0.25) is 0 Å². The second kappa shape index (κ2) is 4.91. The third-order valence-corrected chi connectivity index (χ3v) is 4.01. The van der Waals surface area contributed by atoms with E-state index in [-0.39, 0.29) is 0 Å². The van der Waals surface area contributed by atoms with Crippen molar-refractivity contribution in [3.8, 4) is 0 Å². The first kappa shape index (κ1) is 12.0. The predicted octanol–water partition coefficient (Wildman–Crippen LogP) is -0.132. The zero-order chi connectivity index (χ0) is 12.5. The molecule has 0 aliphatic carbocycles. The van der Waals surface area contributed by atoms with E-state index in [1.807, 2.05) is 6.20 Å². The normalized spacial score (nSPS) is 25.3. The van der Waals surface area contributed by atoms with E-state index in [0.29, 0.717) is 6.04 Å². The van der Waals surface area contributed by atoms with Crippen LogP contribution in [0.15, 0.2) is 6.20 Å². The quantitative estimate of drug-likeness (QED) is 0.788. The van der Waals surface area contributed by atoms with Crippen LogP contribution in [0.25, 0.3) is 0 Å². The van der Waals surface area contributed by atoms with Gasteiger partial charge in [-0.05, 0) is 14.1 Å². The molecule has 1 N–H and O–H groups in total.